The molecule has 3 nitrogen and oxygen atoms in total. The van der Waals surface area contributed by atoms with Crippen LogP contribution in [0.1, 0.15) is 11.6 Å². The SMILES string of the molecule is Cc1csc(-c2ccc3oc(C)nc3c2)n1. The molecule has 0 N–H and O–H groups in total. The lowest BCUT2D eigenvalue weighted by molar-refractivity contribution is 0.561. The third-order valence-electron chi connectivity index (χ3n) is 2.36. The summed E-state index contributed by atoms with van der Waals surface area (Å²) >= 11 is 1.65. The van der Waals surface area contributed by atoms with Gasteiger partial charge in [0.2, 0.25) is 0 Å². The predicted molar refractivity (Wildman–Crippen MR) is 64.6 cm³/mol. The first-order valence-corrected chi connectivity index (χ1v) is 5.90. The Hall–Kier alpha value is -1.68. The van der Waals surface area contributed by atoms with Crippen LogP contribution in [0.15, 0.2) is 28.0 Å². The van der Waals surface area contributed by atoms with E-state index in [1.807, 2.05) is 37.4 Å². The number of hydrogen-bond acceptors (Lipinski definition) is 4. The molecule has 0 radical (unpaired) electrons. The van der Waals surface area contributed by atoms with Crippen LogP contribution in [0.25, 0.3) is 21.7 Å². The van der Waals surface area contributed by atoms with Gasteiger partial charge in [-0.3, -0.25) is 0 Å². The molecule has 0 saturated carbocycles. The lowest BCUT2D eigenvalue weighted by Crippen LogP contribution is -1.77. The fourth-order valence-electron chi connectivity index (χ4n) is 1.66. The number of aryl methyl sites for hydroxylation is 2. The van der Waals surface area contributed by atoms with Crippen molar-refractivity contribution in [2.45, 2.75) is 13.8 Å². The number of fused-ring (bicyclic) bond motifs is 1. The zero-order valence-corrected chi connectivity index (χ0v) is 9.84. The second-order valence-electron chi connectivity index (χ2n) is 3.71. The average molecular weight is 230 g/mol. The van der Waals surface area contributed by atoms with Gasteiger partial charge in [-0.25, -0.2) is 9.97 Å². The van der Waals surface area contributed by atoms with Crippen molar-refractivity contribution >= 4 is 22.4 Å². The van der Waals surface area contributed by atoms with Crippen molar-refractivity contribution in [2.75, 3.05) is 0 Å². The summed E-state index contributed by atoms with van der Waals surface area (Å²) in [5.74, 6) is 0.697. The smallest absolute Gasteiger partial charge is 0.192 e. The fourth-order valence-corrected chi connectivity index (χ4v) is 2.46. The molecular formula is C12H10N2OS. The lowest BCUT2D eigenvalue weighted by atomic mass is 10.2. The number of rotatable bonds is 1. The Morgan fingerprint density at radius 2 is 2.06 bits per heavy atom. The van der Waals surface area contributed by atoms with E-state index >= 15 is 0 Å². The van der Waals surface area contributed by atoms with Crippen LogP contribution < -0.4 is 0 Å². The zero-order chi connectivity index (χ0) is 11.1. The Bertz CT molecular complexity index is 654. The number of hydrogen-bond donors (Lipinski definition) is 0. The topological polar surface area (TPSA) is 38.9 Å². The van der Waals surface area contributed by atoms with Crippen LogP contribution in [0, 0.1) is 13.8 Å². The number of nitrogens with zero attached hydrogens (tertiary/aromatic N) is 2. The Kier molecular flexibility index (Phi) is 2.04. The predicted octanol–water partition coefficient (Wildman–Crippen LogP) is 3.57. The van der Waals surface area contributed by atoms with Gasteiger partial charge in [-0.1, -0.05) is 0 Å². The van der Waals surface area contributed by atoms with Crippen LogP contribution >= 0.6 is 11.3 Å². The number of aromatic nitrogens is 2. The maximum Gasteiger partial charge on any atom is 0.192 e. The highest BCUT2D eigenvalue weighted by molar-refractivity contribution is 7.13. The van der Waals surface area contributed by atoms with Gasteiger partial charge in [-0.15, -0.1) is 11.3 Å². The van der Waals surface area contributed by atoms with Crippen LogP contribution in [0.3, 0.4) is 0 Å². The second kappa shape index (κ2) is 3.42. The summed E-state index contributed by atoms with van der Waals surface area (Å²) < 4.78 is 5.44. The van der Waals surface area contributed by atoms with Crippen molar-refractivity contribution in [3.8, 4) is 10.6 Å². The first-order chi connectivity index (χ1) is 7.72. The van der Waals surface area contributed by atoms with Crippen LogP contribution in [-0.4, -0.2) is 9.97 Å². The van der Waals surface area contributed by atoms with Crippen molar-refractivity contribution < 1.29 is 4.42 Å². The minimum atomic E-state index is 0.697. The minimum absolute atomic E-state index is 0.697. The molecule has 1 aromatic carbocycles. The quantitative estimate of drug-likeness (QED) is 0.641. The molecule has 0 saturated heterocycles. The van der Waals surface area contributed by atoms with Crippen molar-refractivity contribution in [3.05, 3.63) is 35.2 Å². The molecule has 0 atom stereocenters. The fraction of sp³-hybridized carbons (Fsp3) is 0.167. The standard InChI is InChI=1S/C12H10N2OS/c1-7-6-16-12(13-7)9-3-4-11-10(5-9)14-8(2)15-11/h3-6H,1-2H3. The summed E-state index contributed by atoms with van der Waals surface area (Å²) in [7, 11) is 0. The summed E-state index contributed by atoms with van der Waals surface area (Å²) in [6, 6.07) is 5.98. The van der Waals surface area contributed by atoms with Gasteiger partial charge >= 0.3 is 0 Å². The van der Waals surface area contributed by atoms with E-state index in [0.29, 0.717) is 5.89 Å². The van der Waals surface area contributed by atoms with E-state index in [2.05, 4.69) is 9.97 Å². The van der Waals surface area contributed by atoms with Gasteiger partial charge in [-0.05, 0) is 25.1 Å². The van der Waals surface area contributed by atoms with Gasteiger partial charge in [-0.2, -0.15) is 0 Å². The van der Waals surface area contributed by atoms with Crippen LogP contribution in [0.5, 0.6) is 0 Å². The monoisotopic (exact) mass is 230 g/mol. The van der Waals surface area contributed by atoms with E-state index in [0.717, 1.165) is 27.4 Å². The van der Waals surface area contributed by atoms with Crippen molar-refractivity contribution in [1.29, 1.82) is 0 Å². The third kappa shape index (κ3) is 1.51. The molecular weight excluding hydrogens is 220 g/mol. The Morgan fingerprint density at radius 1 is 1.19 bits per heavy atom. The molecule has 0 spiro atoms. The lowest BCUT2D eigenvalue weighted by Gasteiger charge is -1.94. The highest BCUT2D eigenvalue weighted by atomic mass is 32.1. The van der Waals surface area contributed by atoms with Gasteiger partial charge in [0.05, 0.1) is 0 Å². The molecule has 3 rings (SSSR count). The number of thiazole rings is 1. The molecule has 16 heavy (non-hydrogen) atoms. The number of benzene rings is 1. The summed E-state index contributed by atoms with van der Waals surface area (Å²) in [5.41, 5.74) is 3.87. The largest absolute Gasteiger partial charge is 0.441 e. The Balaban J connectivity index is 2.17. The Labute approximate surface area is 96.8 Å². The van der Waals surface area contributed by atoms with E-state index in [4.69, 9.17) is 4.42 Å². The summed E-state index contributed by atoms with van der Waals surface area (Å²) in [6.45, 7) is 3.85. The highest BCUT2D eigenvalue weighted by Crippen LogP contribution is 2.27. The molecule has 4 heteroatoms. The van der Waals surface area contributed by atoms with Crippen LogP contribution in [0.2, 0.25) is 0 Å². The van der Waals surface area contributed by atoms with Gasteiger partial charge in [0.1, 0.15) is 10.5 Å². The molecule has 2 aromatic heterocycles. The first kappa shape index (κ1) is 9.54. The number of oxazole rings is 1. The van der Waals surface area contributed by atoms with E-state index in [-0.39, 0.29) is 0 Å². The van der Waals surface area contributed by atoms with Crippen LogP contribution in [-0.2, 0) is 0 Å². The van der Waals surface area contributed by atoms with Gasteiger partial charge in [0, 0.05) is 23.6 Å². The third-order valence-corrected chi connectivity index (χ3v) is 3.37. The highest BCUT2D eigenvalue weighted by Gasteiger charge is 2.06. The molecule has 0 bridgehead atoms. The molecule has 0 aliphatic rings. The average Bonchev–Trinajstić information content (AvgIpc) is 2.81. The van der Waals surface area contributed by atoms with Gasteiger partial charge in [0.25, 0.3) is 0 Å². The first-order valence-electron chi connectivity index (χ1n) is 5.02. The molecule has 0 fully saturated rings. The molecule has 0 amide bonds. The molecule has 80 valence electrons. The Morgan fingerprint density at radius 3 is 2.81 bits per heavy atom. The van der Waals surface area contributed by atoms with Gasteiger partial charge < -0.3 is 4.42 Å². The van der Waals surface area contributed by atoms with Crippen LogP contribution in [0.4, 0.5) is 0 Å². The summed E-state index contributed by atoms with van der Waals surface area (Å²) in [4.78, 5) is 8.77. The zero-order valence-electron chi connectivity index (χ0n) is 9.02. The maximum atomic E-state index is 5.44. The minimum Gasteiger partial charge on any atom is -0.441 e. The molecule has 3 aromatic rings. The van der Waals surface area contributed by atoms with E-state index in [1.165, 1.54) is 0 Å². The van der Waals surface area contributed by atoms with Crippen molar-refractivity contribution in [3.63, 3.8) is 0 Å². The van der Waals surface area contributed by atoms with Gasteiger partial charge in [0.15, 0.2) is 11.5 Å². The molecule has 0 unspecified atom stereocenters. The normalized spacial score (nSPS) is 11.1. The maximum absolute atomic E-state index is 5.44. The molecule has 0 aliphatic carbocycles. The van der Waals surface area contributed by atoms with E-state index in [1.54, 1.807) is 11.3 Å². The summed E-state index contributed by atoms with van der Waals surface area (Å²) in [6.07, 6.45) is 0. The summed E-state index contributed by atoms with van der Waals surface area (Å²) in [5, 5.41) is 3.08. The van der Waals surface area contributed by atoms with Crippen molar-refractivity contribution in [1.82, 2.24) is 9.97 Å². The molecule has 2 heterocycles. The van der Waals surface area contributed by atoms with E-state index < -0.39 is 0 Å². The van der Waals surface area contributed by atoms with E-state index in [9.17, 15) is 0 Å². The second-order valence-corrected chi connectivity index (χ2v) is 4.57. The molecule has 0 aliphatic heterocycles. The van der Waals surface area contributed by atoms with Crippen molar-refractivity contribution in [2.24, 2.45) is 0 Å².